The minimum absolute atomic E-state index is 0.207. The van der Waals surface area contributed by atoms with Gasteiger partial charge in [-0.15, -0.1) is 0 Å². The maximum atomic E-state index is 13.9. The zero-order valence-electron chi connectivity index (χ0n) is 17.7. The van der Waals surface area contributed by atoms with Gasteiger partial charge in [0.25, 0.3) is 0 Å². The first-order chi connectivity index (χ1) is 14.7. The van der Waals surface area contributed by atoms with Gasteiger partial charge in [-0.25, -0.2) is 27.2 Å². The molecule has 31 heavy (non-hydrogen) atoms. The van der Waals surface area contributed by atoms with Crippen LogP contribution in [-0.2, 0) is 22.8 Å². The van der Waals surface area contributed by atoms with Crippen molar-refractivity contribution in [2.24, 2.45) is 5.92 Å². The van der Waals surface area contributed by atoms with Crippen molar-refractivity contribution in [2.75, 3.05) is 11.5 Å². The van der Waals surface area contributed by atoms with E-state index in [-0.39, 0.29) is 5.75 Å². The van der Waals surface area contributed by atoms with Crippen LogP contribution in [0, 0.1) is 31.4 Å². The SMILES string of the molecule is Cc1nc(N)c2nc(CC3CC3)n(CCCCS(=O)(=O)c3ccc(F)cc3F)c2c1C. The Morgan fingerprint density at radius 1 is 1.16 bits per heavy atom. The van der Waals surface area contributed by atoms with Crippen molar-refractivity contribution in [3.05, 3.63) is 46.9 Å². The van der Waals surface area contributed by atoms with E-state index in [4.69, 9.17) is 10.7 Å². The van der Waals surface area contributed by atoms with Crippen molar-refractivity contribution in [1.29, 1.82) is 0 Å². The molecule has 2 heterocycles. The van der Waals surface area contributed by atoms with Crippen LogP contribution in [0.15, 0.2) is 23.1 Å². The van der Waals surface area contributed by atoms with Crippen LogP contribution in [0.2, 0.25) is 0 Å². The number of rotatable bonds is 8. The van der Waals surface area contributed by atoms with Gasteiger partial charge in [-0.1, -0.05) is 0 Å². The minimum Gasteiger partial charge on any atom is -0.382 e. The Morgan fingerprint density at radius 2 is 1.90 bits per heavy atom. The van der Waals surface area contributed by atoms with Gasteiger partial charge in [-0.3, -0.25) is 0 Å². The lowest BCUT2D eigenvalue weighted by Gasteiger charge is -2.12. The van der Waals surface area contributed by atoms with E-state index in [0.29, 0.717) is 42.7 Å². The van der Waals surface area contributed by atoms with Crippen molar-refractivity contribution in [1.82, 2.24) is 14.5 Å². The number of unbranched alkanes of at least 4 members (excludes halogenated alkanes) is 1. The lowest BCUT2D eigenvalue weighted by Crippen LogP contribution is -2.11. The molecule has 1 saturated carbocycles. The molecule has 2 N–H and O–H groups in total. The Kier molecular flexibility index (Phi) is 5.72. The quantitative estimate of drug-likeness (QED) is 0.414. The second-order valence-corrected chi connectivity index (χ2v) is 10.4. The van der Waals surface area contributed by atoms with E-state index >= 15 is 0 Å². The third-order valence-electron chi connectivity index (χ3n) is 5.92. The number of sulfone groups is 1. The van der Waals surface area contributed by atoms with Gasteiger partial charge in [-0.05, 0) is 63.1 Å². The standard InChI is InChI=1S/C22H26F2N4O2S/c1-13-14(2)26-22(25)20-21(13)28(19(27-20)11-15-5-6-15)9-3-4-10-31(29,30)18-8-7-16(23)12-17(18)24/h7-8,12,15H,3-6,9-11H2,1-2H3,(H2,25,26). The molecule has 9 heteroatoms. The number of hydrogen-bond acceptors (Lipinski definition) is 5. The number of nitrogens with two attached hydrogens (primary N) is 1. The van der Waals surface area contributed by atoms with Crippen molar-refractivity contribution >= 4 is 26.7 Å². The predicted molar refractivity (Wildman–Crippen MR) is 115 cm³/mol. The number of imidazole rings is 1. The molecule has 0 saturated heterocycles. The number of halogens is 2. The smallest absolute Gasteiger partial charge is 0.181 e. The summed E-state index contributed by atoms with van der Waals surface area (Å²) in [5, 5.41) is 0. The molecular weight excluding hydrogens is 422 g/mol. The summed E-state index contributed by atoms with van der Waals surface area (Å²) in [5.41, 5.74) is 9.63. The van der Waals surface area contributed by atoms with E-state index in [0.717, 1.165) is 41.2 Å². The first-order valence-electron chi connectivity index (χ1n) is 10.5. The van der Waals surface area contributed by atoms with Crippen molar-refractivity contribution in [2.45, 2.75) is 57.4 Å². The number of fused-ring (bicyclic) bond motifs is 1. The van der Waals surface area contributed by atoms with Crippen LogP contribution in [0.25, 0.3) is 11.0 Å². The minimum atomic E-state index is -3.83. The van der Waals surface area contributed by atoms with Gasteiger partial charge < -0.3 is 10.3 Å². The van der Waals surface area contributed by atoms with Gasteiger partial charge in [0, 0.05) is 24.7 Å². The number of hydrogen-bond donors (Lipinski definition) is 1. The average Bonchev–Trinajstić information content (AvgIpc) is 3.43. The van der Waals surface area contributed by atoms with Crippen LogP contribution in [0.1, 0.15) is 42.8 Å². The van der Waals surface area contributed by atoms with Gasteiger partial charge in [0.05, 0.1) is 11.3 Å². The van der Waals surface area contributed by atoms with E-state index in [9.17, 15) is 17.2 Å². The molecule has 0 radical (unpaired) electrons. The Balaban J connectivity index is 1.53. The fourth-order valence-electron chi connectivity index (χ4n) is 3.92. The second-order valence-electron chi connectivity index (χ2n) is 8.33. The first kappa shape index (κ1) is 21.7. The maximum Gasteiger partial charge on any atom is 0.181 e. The molecule has 0 bridgehead atoms. The number of aromatic nitrogens is 3. The van der Waals surface area contributed by atoms with Gasteiger partial charge >= 0.3 is 0 Å². The summed E-state index contributed by atoms with van der Waals surface area (Å²) in [7, 11) is -3.83. The molecule has 1 aromatic carbocycles. The summed E-state index contributed by atoms with van der Waals surface area (Å²) in [4.78, 5) is 8.69. The number of nitrogen functional groups attached to an aromatic ring is 1. The number of benzene rings is 1. The highest BCUT2D eigenvalue weighted by atomic mass is 32.2. The van der Waals surface area contributed by atoms with E-state index in [1.807, 2.05) is 13.8 Å². The van der Waals surface area contributed by atoms with Crippen LogP contribution in [0.5, 0.6) is 0 Å². The van der Waals surface area contributed by atoms with E-state index < -0.39 is 26.4 Å². The highest BCUT2D eigenvalue weighted by molar-refractivity contribution is 7.91. The molecule has 4 rings (SSSR count). The average molecular weight is 449 g/mol. The Labute approximate surface area is 180 Å². The Bertz CT molecular complexity index is 1250. The number of pyridine rings is 1. The van der Waals surface area contributed by atoms with Gasteiger partial charge in [-0.2, -0.15) is 0 Å². The van der Waals surface area contributed by atoms with Crippen LogP contribution in [0.3, 0.4) is 0 Å². The summed E-state index contributed by atoms with van der Waals surface area (Å²) < 4.78 is 54.1. The van der Waals surface area contributed by atoms with Crippen LogP contribution >= 0.6 is 0 Å². The summed E-state index contributed by atoms with van der Waals surface area (Å²) >= 11 is 0. The Hall–Kier alpha value is -2.55. The van der Waals surface area contributed by atoms with Crippen LogP contribution in [-0.4, -0.2) is 28.7 Å². The van der Waals surface area contributed by atoms with Gasteiger partial charge in [0.2, 0.25) is 0 Å². The molecule has 0 unspecified atom stereocenters. The highest BCUT2D eigenvalue weighted by Crippen LogP contribution is 2.35. The number of nitrogens with zero attached hydrogens (tertiary/aromatic N) is 3. The molecule has 0 aliphatic heterocycles. The molecule has 3 aromatic rings. The summed E-state index contributed by atoms with van der Waals surface area (Å²) in [6.45, 7) is 4.49. The monoisotopic (exact) mass is 448 g/mol. The summed E-state index contributed by atoms with van der Waals surface area (Å²) in [5.74, 6) is -0.0715. The van der Waals surface area contributed by atoms with Gasteiger partial charge in [0.1, 0.15) is 27.9 Å². The fraction of sp³-hybridized carbons (Fsp3) is 0.455. The number of aryl methyl sites for hydroxylation is 3. The van der Waals surface area contributed by atoms with E-state index in [1.54, 1.807) is 0 Å². The molecule has 2 aromatic heterocycles. The zero-order valence-corrected chi connectivity index (χ0v) is 18.5. The third-order valence-corrected chi connectivity index (χ3v) is 7.74. The largest absolute Gasteiger partial charge is 0.382 e. The van der Waals surface area contributed by atoms with Crippen molar-refractivity contribution in [3.8, 4) is 0 Å². The van der Waals surface area contributed by atoms with Crippen LogP contribution < -0.4 is 5.73 Å². The molecule has 1 aliphatic rings. The molecule has 1 aliphatic carbocycles. The molecule has 166 valence electrons. The molecule has 1 fully saturated rings. The van der Waals surface area contributed by atoms with Crippen molar-refractivity contribution in [3.63, 3.8) is 0 Å². The molecule has 0 atom stereocenters. The zero-order chi connectivity index (χ0) is 22.3. The Morgan fingerprint density at radius 3 is 2.58 bits per heavy atom. The predicted octanol–water partition coefficient (Wildman–Crippen LogP) is 4.12. The lowest BCUT2D eigenvalue weighted by molar-refractivity contribution is 0.545. The molecule has 0 amide bonds. The van der Waals surface area contributed by atoms with Gasteiger partial charge in [0.15, 0.2) is 15.7 Å². The first-order valence-corrected chi connectivity index (χ1v) is 12.1. The second kappa shape index (κ2) is 8.18. The third kappa shape index (κ3) is 4.42. The molecular formula is C22H26F2N4O2S. The van der Waals surface area contributed by atoms with E-state index in [1.165, 1.54) is 12.8 Å². The molecule has 0 spiro atoms. The summed E-state index contributed by atoms with van der Waals surface area (Å²) in [6, 6.07) is 2.54. The normalized spacial score (nSPS) is 14.5. The lowest BCUT2D eigenvalue weighted by atomic mass is 10.2. The highest BCUT2D eigenvalue weighted by Gasteiger charge is 2.26. The van der Waals surface area contributed by atoms with Crippen LogP contribution in [0.4, 0.5) is 14.6 Å². The van der Waals surface area contributed by atoms with Crippen molar-refractivity contribution < 1.29 is 17.2 Å². The van der Waals surface area contributed by atoms with E-state index in [2.05, 4.69) is 9.55 Å². The molecule has 6 nitrogen and oxygen atoms in total. The number of anilines is 1. The fourth-order valence-corrected chi connectivity index (χ4v) is 5.36. The topological polar surface area (TPSA) is 90.9 Å². The maximum absolute atomic E-state index is 13.9. The summed E-state index contributed by atoms with van der Waals surface area (Å²) in [6.07, 6.45) is 4.17.